The number of rotatable bonds is 3. The number of nitrogens with two attached hydrogens (primary N) is 1. The van der Waals surface area contributed by atoms with Crippen LogP contribution in [0.2, 0.25) is 0 Å². The van der Waals surface area contributed by atoms with Crippen LogP contribution in [-0.2, 0) is 5.54 Å². The Hall–Kier alpha value is -1.95. The minimum absolute atomic E-state index is 0.390. The van der Waals surface area contributed by atoms with Crippen molar-refractivity contribution in [1.29, 1.82) is 0 Å². The van der Waals surface area contributed by atoms with Crippen molar-refractivity contribution in [2.75, 3.05) is 19.0 Å². The Kier molecular flexibility index (Phi) is 2.74. The first-order chi connectivity index (χ1) is 9.08. The zero-order valence-corrected chi connectivity index (χ0v) is 11.1. The van der Waals surface area contributed by atoms with Crippen molar-refractivity contribution >= 4 is 5.82 Å². The normalized spacial score (nSPS) is 17.0. The van der Waals surface area contributed by atoms with Crippen molar-refractivity contribution in [3.63, 3.8) is 0 Å². The van der Waals surface area contributed by atoms with E-state index >= 15 is 0 Å². The monoisotopic (exact) mass is 259 g/mol. The first-order valence-electron chi connectivity index (χ1n) is 6.35. The molecule has 1 fully saturated rings. The van der Waals surface area contributed by atoms with E-state index in [9.17, 15) is 0 Å². The first kappa shape index (κ1) is 12.1. The summed E-state index contributed by atoms with van der Waals surface area (Å²) >= 11 is 0. The quantitative estimate of drug-likeness (QED) is 0.900. The van der Waals surface area contributed by atoms with Gasteiger partial charge in [0, 0.05) is 20.3 Å². The minimum Gasteiger partial charge on any atom is -0.363 e. The summed E-state index contributed by atoms with van der Waals surface area (Å²) in [5.74, 6) is 1.97. The molecule has 1 aliphatic carbocycles. The van der Waals surface area contributed by atoms with Crippen LogP contribution >= 0.6 is 0 Å². The summed E-state index contributed by atoms with van der Waals surface area (Å²) in [7, 11) is 3.89. The van der Waals surface area contributed by atoms with Crippen LogP contribution < -0.4 is 10.6 Å². The summed E-state index contributed by atoms with van der Waals surface area (Å²) in [6.07, 6.45) is 4.70. The molecule has 6 nitrogen and oxygen atoms in total. The van der Waals surface area contributed by atoms with Crippen LogP contribution in [0.1, 0.15) is 25.1 Å². The Balaban J connectivity index is 1.86. The highest BCUT2D eigenvalue weighted by Gasteiger charge is 2.39. The number of nitrogens with zero attached hydrogens (tertiary/aromatic N) is 4. The Bertz CT molecular complexity index is 571. The number of anilines is 1. The molecule has 19 heavy (non-hydrogen) atoms. The summed E-state index contributed by atoms with van der Waals surface area (Å²) < 4.78 is 5.28. The molecule has 1 saturated carbocycles. The van der Waals surface area contributed by atoms with E-state index in [0.717, 1.165) is 30.6 Å². The van der Waals surface area contributed by atoms with E-state index in [1.165, 1.54) is 0 Å². The van der Waals surface area contributed by atoms with Gasteiger partial charge in [-0.3, -0.25) is 0 Å². The van der Waals surface area contributed by atoms with Crippen molar-refractivity contribution in [3.8, 4) is 11.5 Å². The highest BCUT2D eigenvalue weighted by Crippen LogP contribution is 2.37. The molecule has 6 heteroatoms. The van der Waals surface area contributed by atoms with E-state index in [4.69, 9.17) is 10.3 Å². The lowest BCUT2D eigenvalue weighted by Gasteiger charge is -2.34. The maximum Gasteiger partial charge on any atom is 0.259 e. The van der Waals surface area contributed by atoms with Crippen LogP contribution in [-0.4, -0.2) is 29.2 Å². The fraction of sp³-hybridized carbons (Fsp3) is 0.462. The van der Waals surface area contributed by atoms with E-state index < -0.39 is 5.54 Å². The largest absolute Gasteiger partial charge is 0.363 e. The lowest BCUT2D eigenvalue weighted by Crippen LogP contribution is -2.44. The van der Waals surface area contributed by atoms with Crippen LogP contribution in [0.4, 0.5) is 5.82 Å². The number of hydrogen-bond acceptors (Lipinski definition) is 6. The van der Waals surface area contributed by atoms with Gasteiger partial charge in [-0.15, -0.1) is 0 Å². The molecule has 2 aromatic rings. The Morgan fingerprint density at radius 3 is 2.63 bits per heavy atom. The van der Waals surface area contributed by atoms with Gasteiger partial charge in [0.05, 0.1) is 11.1 Å². The average molecular weight is 259 g/mol. The molecule has 1 aliphatic rings. The van der Waals surface area contributed by atoms with Gasteiger partial charge in [-0.1, -0.05) is 5.16 Å². The third kappa shape index (κ3) is 2.08. The molecular formula is C13H17N5O. The molecule has 0 bridgehead atoms. The third-order valence-electron chi connectivity index (χ3n) is 3.57. The summed E-state index contributed by atoms with van der Waals surface area (Å²) in [6.45, 7) is 0. The maximum absolute atomic E-state index is 6.17. The molecule has 2 aromatic heterocycles. The van der Waals surface area contributed by atoms with Crippen molar-refractivity contribution in [2.45, 2.75) is 24.8 Å². The molecule has 0 radical (unpaired) electrons. The second-order valence-electron chi connectivity index (χ2n) is 5.23. The van der Waals surface area contributed by atoms with Gasteiger partial charge >= 0.3 is 0 Å². The van der Waals surface area contributed by atoms with Crippen molar-refractivity contribution in [2.24, 2.45) is 5.73 Å². The molecule has 0 atom stereocenters. The van der Waals surface area contributed by atoms with Crippen molar-refractivity contribution in [3.05, 3.63) is 24.2 Å². The molecular weight excluding hydrogens is 242 g/mol. The predicted octanol–water partition coefficient (Wildman–Crippen LogP) is 1.54. The van der Waals surface area contributed by atoms with E-state index in [0.29, 0.717) is 11.7 Å². The van der Waals surface area contributed by atoms with Gasteiger partial charge in [0.25, 0.3) is 5.89 Å². The fourth-order valence-electron chi connectivity index (χ4n) is 2.10. The van der Waals surface area contributed by atoms with Gasteiger partial charge in [-0.2, -0.15) is 4.98 Å². The van der Waals surface area contributed by atoms with Crippen LogP contribution in [0.5, 0.6) is 0 Å². The first-order valence-corrected chi connectivity index (χ1v) is 6.35. The Labute approximate surface area is 111 Å². The minimum atomic E-state index is -0.390. The molecule has 3 rings (SSSR count). The number of hydrogen-bond donors (Lipinski definition) is 1. The van der Waals surface area contributed by atoms with Gasteiger partial charge in [-0.05, 0) is 31.4 Å². The molecule has 0 amide bonds. The molecule has 2 heterocycles. The average Bonchev–Trinajstić information content (AvgIpc) is 2.86. The summed E-state index contributed by atoms with van der Waals surface area (Å²) in [5.41, 5.74) is 6.59. The van der Waals surface area contributed by atoms with E-state index in [1.807, 2.05) is 31.1 Å². The molecule has 0 saturated heterocycles. The third-order valence-corrected chi connectivity index (χ3v) is 3.57. The van der Waals surface area contributed by atoms with Gasteiger partial charge in [-0.25, -0.2) is 4.98 Å². The van der Waals surface area contributed by atoms with E-state index in [1.54, 1.807) is 6.20 Å². The topological polar surface area (TPSA) is 81.1 Å². The second kappa shape index (κ2) is 4.31. The Morgan fingerprint density at radius 1 is 1.32 bits per heavy atom. The summed E-state index contributed by atoms with van der Waals surface area (Å²) in [5, 5.41) is 3.99. The Morgan fingerprint density at radius 2 is 2.11 bits per heavy atom. The summed E-state index contributed by atoms with van der Waals surface area (Å²) in [4.78, 5) is 10.7. The smallest absolute Gasteiger partial charge is 0.259 e. The number of pyridine rings is 1. The highest BCUT2D eigenvalue weighted by atomic mass is 16.5. The molecule has 2 N–H and O–H groups in total. The van der Waals surface area contributed by atoms with E-state index in [2.05, 4.69) is 15.1 Å². The van der Waals surface area contributed by atoms with Crippen LogP contribution in [0, 0.1) is 0 Å². The van der Waals surface area contributed by atoms with E-state index in [-0.39, 0.29) is 0 Å². The summed E-state index contributed by atoms with van der Waals surface area (Å²) in [6, 6.07) is 3.84. The van der Waals surface area contributed by atoms with Gasteiger partial charge in [0.15, 0.2) is 5.82 Å². The van der Waals surface area contributed by atoms with Crippen LogP contribution in [0.3, 0.4) is 0 Å². The highest BCUT2D eigenvalue weighted by molar-refractivity contribution is 5.54. The molecule has 0 unspecified atom stereocenters. The molecule has 0 spiro atoms. The zero-order valence-electron chi connectivity index (χ0n) is 11.1. The van der Waals surface area contributed by atoms with Gasteiger partial charge in [0.1, 0.15) is 5.82 Å². The fourth-order valence-corrected chi connectivity index (χ4v) is 2.10. The lowest BCUT2D eigenvalue weighted by molar-refractivity contribution is 0.229. The van der Waals surface area contributed by atoms with Crippen molar-refractivity contribution in [1.82, 2.24) is 15.1 Å². The van der Waals surface area contributed by atoms with Crippen molar-refractivity contribution < 1.29 is 4.52 Å². The molecule has 100 valence electrons. The van der Waals surface area contributed by atoms with Crippen LogP contribution in [0.25, 0.3) is 11.5 Å². The van der Waals surface area contributed by atoms with Crippen LogP contribution in [0.15, 0.2) is 22.9 Å². The second-order valence-corrected chi connectivity index (χ2v) is 5.23. The molecule has 0 aromatic carbocycles. The molecule has 0 aliphatic heterocycles. The predicted molar refractivity (Wildman–Crippen MR) is 71.6 cm³/mol. The van der Waals surface area contributed by atoms with Gasteiger partial charge in [0.2, 0.25) is 0 Å². The standard InChI is InChI=1S/C13H17N5O/c1-18(2)10-5-4-9(8-15-10)11-16-12(17-19-11)13(14)6-3-7-13/h4-5,8H,3,6-7,14H2,1-2H3. The zero-order chi connectivity index (χ0) is 13.5. The lowest BCUT2D eigenvalue weighted by atomic mass is 9.77. The maximum atomic E-state index is 6.17. The SMILES string of the molecule is CN(C)c1ccc(-c2nc(C3(N)CCC3)no2)cn1. The van der Waals surface area contributed by atoms with Gasteiger partial charge < -0.3 is 15.2 Å². The number of aromatic nitrogens is 3.